The largest absolute Gasteiger partial charge is 0.508 e. The van der Waals surface area contributed by atoms with Crippen molar-refractivity contribution in [2.45, 2.75) is 118 Å². The van der Waals surface area contributed by atoms with E-state index >= 15 is 0 Å². The molecule has 0 amide bonds. The van der Waals surface area contributed by atoms with Crippen molar-refractivity contribution in [1.29, 1.82) is 0 Å². The summed E-state index contributed by atoms with van der Waals surface area (Å²) >= 11 is 0. The van der Waals surface area contributed by atoms with Crippen molar-refractivity contribution in [3.63, 3.8) is 0 Å². The second-order valence-corrected chi connectivity index (χ2v) is 8.78. The first-order valence-corrected chi connectivity index (χ1v) is 12.8. The molecule has 0 aliphatic rings. The summed E-state index contributed by atoms with van der Waals surface area (Å²) in [6, 6.07) is 0. The number of halogens is 2. The van der Waals surface area contributed by atoms with Crippen LogP contribution in [0, 0.1) is 0 Å². The van der Waals surface area contributed by atoms with Crippen LogP contribution in [0.5, 0.6) is 0 Å². The lowest BCUT2D eigenvalue weighted by atomic mass is 10.2. The van der Waals surface area contributed by atoms with Crippen molar-refractivity contribution < 1.29 is 14.3 Å². The van der Waals surface area contributed by atoms with Crippen molar-refractivity contribution in [1.82, 2.24) is 9.80 Å². The smallest absolute Gasteiger partial charge is 0.431 e. The Kier molecular flexibility index (Phi) is 28.8. The van der Waals surface area contributed by atoms with Crippen molar-refractivity contribution in [2.24, 2.45) is 0 Å². The maximum absolute atomic E-state index is 12.2. The van der Waals surface area contributed by atoms with Crippen LogP contribution in [0.2, 0.25) is 0 Å². The third kappa shape index (κ3) is 21.6. The normalized spacial score (nSPS) is 12.8. The highest BCUT2D eigenvalue weighted by Crippen LogP contribution is 2.09. The van der Waals surface area contributed by atoms with Crippen LogP contribution in [0.4, 0.5) is 4.79 Å². The summed E-state index contributed by atoms with van der Waals surface area (Å²) in [4.78, 5) is 17.2. The predicted molar refractivity (Wildman–Crippen MR) is 143 cm³/mol. The van der Waals surface area contributed by atoms with Crippen LogP contribution in [-0.2, 0) is 9.47 Å². The molecule has 0 rings (SSSR count). The summed E-state index contributed by atoms with van der Waals surface area (Å²) in [5.41, 5.74) is 0. The third-order valence-corrected chi connectivity index (χ3v) is 5.61. The first kappa shape index (κ1) is 36.3. The summed E-state index contributed by atoms with van der Waals surface area (Å²) in [5.74, 6) is 0. The van der Waals surface area contributed by atoms with E-state index in [1.54, 1.807) is 0 Å². The molecule has 0 aliphatic heterocycles. The summed E-state index contributed by atoms with van der Waals surface area (Å²) in [6.07, 6.45) is 10.8. The Bertz CT molecular complexity index is 353. The number of hydrogen-bond donors (Lipinski definition) is 0. The minimum Gasteiger partial charge on any atom is -0.431 e. The monoisotopic (exact) mass is 500 g/mol. The molecule has 0 saturated carbocycles. The van der Waals surface area contributed by atoms with Gasteiger partial charge in [-0.25, -0.2) is 4.79 Å². The molecular weight excluding hydrogens is 447 g/mol. The van der Waals surface area contributed by atoms with Crippen molar-refractivity contribution >= 4 is 31.0 Å². The van der Waals surface area contributed by atoms with Gasteiger partial charge >= 0.3 is 6.16 Å². The van der Waals surface area contributed by atoms with Gasteiger partial charge in [-0.1, -0.05) is 53.4 Å². The first-order valence-electron chi connectivity index (χ1n) is 12.8. The molecule has 0 aliphatic carbocycles. The number of nitrogens with zero attached hydrogens (tertiary/aromatic N) is 2. The maximum atomic E-state index is 12.2. The molecule has 5 nitrogen and oxygen atoms in total. The van der Waals surface area contributed by atoms with Gasteiger partial charge in [0.2, 0.25) is 0 Å². The van der Waals surface area contributed by atoms with E-state index in [2.05, 4.69) is 37.5 Å². The van der Waals surface area contributed by atoms with Gasteiger partial charge in [-0.15, -0.1) is 24.8 Å². The molecule has 32 heavy (non-hydrogen) atoms. The SMILES string of the molecule is CCCCN(CCCC)CCC(C)OC(=O)OC(C)CCN(CCCC)CCCC.Cl.Cl. The van der Waals surface area contributed by atoms with Gasteiger partial charge in [0.05, 0.1) is 0 Å². The molecule has 0 N–H and O–H groups in total. The van der Waals surface area contributed by atoms with Crippen LogP contribution in [0.15, 0.2) is 0 Å². The van der Waals surface area contributed by atoms with E-state index < -0.39 is 6.16 Å². The van der Waals surface area contributed by atoms with Crippen molar-refractivity contribution in [3.8, 4) is 0 Å². The van der Waals surface area contributed by atoms with Crippen LogP contribution in [0.3, 0.4) is 0 Å². The van der Waals surface area contributed by atoms with Gasteiger partial charge in [-0.05, 0) is 78.6 Å². The number of unbranched alkanes of at least 4 members (excludes halogenated alkanes) is 4. The van der Waals surface area contributed by atoms with Crippen LogP contribution in [0.25, 0.3) is 0 Å². The molecule has 0 heterocycles. The fourth-order valence-corrected chi connectivity index (χ4v) is 3.40. The van der Waals surface area contributed by atoms with E-state index in [1.807, 2.05) is 13.8 Å². The molecule has 0 radical (unpaired) electrons. The Morgan fingerprint density at radius 1 is 0.594 bits per heavy atom. The summed E-state index contributed by atoms with van der Waals surface area (Å²) < 4.78 is 11.0. The van der Waals surface area contributed by atoms with Gasteiger partial charge in [-0.2, -0.15) is 0 Å². The average Bonchev–Trinajstić information content (AvgIpc) is 2.72. The van der Waals surface area contributed by atoms with Crippen LogP contribution in [0.1, 0.15) is 106 Å². The molecule has 2 atom stereocenters. The Labute approximate surface area is 212 Å². The lowest BCUT2D eigenvalue weighted by Gasteiger charge is -2.25. The van der Waals surface area contributed by atoms with E-state index in [9.17, 15) is 4.79 Å². The Morgan fingerprint density at radius 2 is 0.875 bits per heavy atom. The lowest BCUT2D eigenvalue weighted by molar-refractivity contribution is -0.000612. The minimum absolute atomic E-state index is 0. The van der Waals surface area contributed by atoms with Crippen molar-refractivity contribution in [2.75, 3.05) is 39.3 Å². The number of rotatable bonds is 20. The Morgan fingerprint density at radius 3 is 1.12 bits per heavy atom. The average molecular weight is 502 g/mol. The minimum atomic E-state index is -0.516. The van der Waals surface area contributed by atoms with Gasteiger partial charge in [-0.3, -0.25) is 0 Å². The first-order chi connectivity index (χ1) is 14.5. The van der Waals surface area contributed by atoms with Gasteiger partial charge in [0.1, 0.15) is 12.2 Å². The molecule has 0 spiro atoms. The van der Waals surface area contributed by atoms with E-state index in [0.29, 0.717) is 0 Å². The summed E-state index contributed by atoms with van der Waals surface area (Å²) in [6.45, 7) is 19.4. The number of ether oxygens (including phenoxy) is 2. The van der Waals surface area contributed by atoms with Crippen LogP contribution < -0.4 is 0 Å². The maximum Gasteiger partial charge on any atom is 0.508 e. The van der Waals surface area contributed by atoms with Gasteiger partial charge in [0.25, 0.3) is 0 Å². The molecule has 0 bridgehead atoms. The van der Waals surface area contributed by atoms with Crippen LogP contribution >= 0.6 is 24.8 Å². The lowest BCUT2D eigenvalue weighted by Crippen LogP contribution is -2.31. The molecule has 0 aromatic rings. The summed E-state index contributed by atoms with van der Waals surface area (Å²) in [5, 5.41) is 0. The quantitative estimate of drug-likeness (QED) is 0.163. The molecule has 0 saturated heterocycles. The Balaban J connectivity index is -0.00000420. The summed E-state index contributed by atoms with van der Waals surface area (Å²) in [7, 11) is 0. The highest BCUT2D eigenvalue weighted by molar-refractivity contribution is 5.85. The number of carbonyl (C=O) groups is 1. The van der Waals surface area contributed by atoms with Crippen LogP contribution in [-0.4, -0.2) is 67.4 Å². The number of hydrogen-bond acceptors (Lipinski definition) is 5. The van der Waals surface area contributed by atoms with Crippen molar-refractivity contribution in [3.05, 3.63) is 0 Å². The molecular formula is C25H54Cl2N2O3. The highest BCUT2D eigenvalue weighted by Gasteiger charge is 2.16. The highest BCUT2D eigenvalue weighted by atomic mass is 35.5. The van der Waals surface area contributed by atoms with Gasteiger partial charge in [0.15, 0.2) is 0 Å². The zero-order valence-electron chi connectivity index (χ0n) is 21.9. The standard InChI is InChI=1S/C25H52N2O3.2ClH/c1-7-11-17-26(18-12-8-2)21-15-23(5)29-25(28)30-24(6)16-22-27(19-13-9-3)20-14-10-4;;/h23-24H,7-22H2,1-6H3;2*1H. The molecule has 0 aromatic heterocycles. The second kappa shape index (κ2) is 25.4. The Hall–Kier alpha value is -0.230. The molecule has 0 aromatic carbocycles. The fourth-order valence-electron chi connectivity index (χ4n) is 3.40. The zero-order chi connectivity index (χ0) is 22.6. The molecule has 2 unspecified atom stereocenters. The third-order valence-electron chi connectivity index (χ3n) is 5.61. The predicted octanol–water partition coefficient (Wildman–Crippen LogP) is 7.34. The van der Waals surface area contributed by atoms with E-state index in [-0.39, 0.29) is 37.0 Å². The molecule has 7 heteroatoms. The second-order valence-electron chi connectivity index (χ2n) is 8.78. The van der Waals surface area contributed by atoms with E-state index in [4.69, 9.17) is 9.47 Å². The van der Waals surface area contributed by atoms with Gasteiger partial charge < -0.3 is 19.3 Å². The molecule has 0 fully saturated rings. The van der Waals surface area contributed by atoms with E-state index in [1.165, 1.54) is 51.4 Å². The zero-order valence-corrected chi connectivity index (χ0v) is 23.5. The fraction of sp³-hybridized carbons (Fsp3) is 0.960. The van der Waals surface area contributed by atoms with Gasteiger partial charge in [0, 0.05) is 13.1 Å². The number of carbonyl (C=O) groups excluding carboxylic acids is 1. The topological polar surface area (TPSA) is 42.0 Å². The van der Waals surface area contributed by atoms with E-state index in [0.717, 1.165) is 52.1 Å². The molecule has 196 valence electrons.